The third kappa shape index (κ3) is 21.9. The van der Waals surface area contributed by atoms with E-state index in [2.05, 4.69) is 13.8 Å². The van der Waals surface area contributed by atoms with Gasteiger partial charge in [0.2, 0.25) is 0 Å². The van der Waals surface area contributed by atoms with Crippen molar-refractivity contribution >= 4 is 11.9 Å². The van der Waals surface area contributed by atoms with Crippen molar-refractivity contribution in [2.45, 2.75) is 168 Å². The number of hydrogen-bond acceptors (Lipinski definition) is 3. The molecular formula is C31H60O4. The monoisotopic (exact) mass is 496 g/mol. The van der Waals surface area contributed by atoms with E-state index >= 15 is 0 Å². The first-order valence-corrected chi connectivity index (χ1v) is 15.5. The molecule has 0 spiro atoms. The van der Waals surface area contributed by atoms with Crippen molar-refractivity contribution < 1.29 is 19.4 Å². The largest absolute Gasteiger partial charge is 0.481 e. The third-order valence-corrected chi connectivity index (χ3v) is 7.37. The molecule has 0 aromatic carbocycles. The minimum atomic E-state index is -1.03. The molecule has 0 radical (unpaired) electrons. The molecule has 4 heteroatoms. The average molecular weight is 497 g/mol. The number of carbonyl (C=O) groups excluding carboxylic acids is 1. The number of carboxylic acids is 1. The van der Waals surface area contributed by atoms with E-state index in [4.69, 9.17) is 4.74 Å². The van der Waals surface area contributed by atoms with E-state index in [1.54, 1.807) is 6.92 Å². The molecule has 0 heterocycles. The number of aliphatic carboxylic acids is 1. The highest BCUT2D eigenvalue weighted by Crippen LogP contribution is 2.26. The van der Waals surface area contributed by atoms with E-state index in [1.165, 1.54) is 116 Å². The molecule has 0 aliphatic carbocycles. The van der Waals surface area contributed by atoms with Gasteiger partial charge < -0.3 is 9.84 Å². The number of carbonyl (C=O) groups is 2. The van der Waals surface area contributed by atoms with E-state index < -0.39 is 17.9 Å². The molecule has 1 atom stereocenters. The van der Waals surface area contributed by atoms with Crippen molar-refractivity contribution in [1.82, 2.24) is 0 Å². The van der Waals surface area contributed by atoms with Gasteiger partial charge in [0.15, 0.2) is 5.92 Å². The van der Waals surface area contributed by atoms with Crippen LogP contribution in [0.25, 0.3) is 0 Å². The molecule has 0 aliphatic rings. The normalized spacial score (nSPS) is 12.2. The Labute approximate surface area is 218 Å². The van der Waals surface area contributed by atoms with E-state index in [1.807, 2.05) is 0 Å². The molecule has 0 aliphatic heterocycles. The first-order valence-electron chi connectivity index (χ1n) is 15.5. The van der Waals surface area contributed by atoms with Gasteiger partial charge in [0.1, 0.15) is 0 Å². The average Bonchev–Trinajstić information content (AvgIpc) is 2.84. The molecule has 0 fully saturated rings. The molecule has 0 amide bonds. The second kappa shape index (κ2) is 26.0. The highest BCUT2D eigenvalue weighted by atomic mass is 16.5. The Morgan fingerprint density at radius 1 is 0.571 bits per heavy atom. The van der Waals surface area contributed by atoms with Crippen LogP contribution in [0.4, 0.5) is 0 Å². The van der Waals surface area contributed by atoms with Gasteiger partial charge in [-0.2, -0.15) is 0 Å². The molecule has 0 aromatic heterocycles. The zero-order valence-corrected chi connectivity index (χ0v) is 23.8. The summed E-state index contributed by atoms with van der Waals surface area (Å²) in [5.74, 6) is -2.29. The molecule has 0 rings (SSSR count). The van der Waals surface area contributed by atoms with Gasteiger partial charge in [-0.1, -0.05) is 155 Å². The summed E-state index contributed by atoms with van der Waals surface area (Å²) in [5, 5.41) is 9.61. The predicted molar refractivity (Wildman–Crippen MR) is 149 cm³/mol. The summed E-state index contributed by atoms with van der Waals surface area (Å²) in [6, 6.07) is 0. The maximum absolute atomic E-state index is 12.2. The third-order valence-electron chi connectivity index (χ3n) is 7.37. The summed E-state index contributed by atoms with van der Waals surface area (Å²) in [4.78, 5) is 23.9. The standard InChI is InChI=1S/C31H60O4/c1-4-7-9-11-13-15-17-19-21-23-25-28(27-29(30(32)33)31(34)35-6-3)26-24-22-20-18-16-14-12-10-8-5-2/h28-29H,4-27H2,1-3H3,(H,32,33). The van der Waals surface area contributed by atoms with Gasteiger partial charge in [0.05, 0.1) is 6.61 Å². The lowest BCUT2D eigenvalue weighted by Gasteiger charge is -2.20. The van der Waals surface area contributed by atoms with Crippen LogP contribution in [-0.4, -0.2) is 23.7 Å². The molecule has 0 bridgehead atoms. The van der Waals surface area contributed by atoms with Gasteiger partial charge >= 0.3 is 11.9 Å². The Bertz CT molecular complexity index is 453. The van der Waals surface area contributed by atoms with Crippen LogP contribution < -0.4 is 0 Å². The molecule has 0 aromatic rings. The van der Waals surface area contributed by atoms with Crippen LogP contribution in [0.2, 0.25) is 0 Å². The van der Waals surface area contributed by atoms with Gasteiger partial charge in [-0.25, -0.2) is 0 Å². The second-order valence-electron chi connectivity index (χ2n) is 10.7. The minimum absolute atomic E-state index is 0.240. The first kappa shape index (κ1) is 33.9. The SMILES string of the molecule is CCCCCCCCCCCCC(CCCCCCCCCCCC)CC(C(=O)O)C(=O)OCC. The molecular weight excluding hydrogens is 436 g/mol. The number of unbranched alkanes of at least 4 members (excludes halogenated alkanes) is 18. The lowest BCUT2D eigenvalue weighted by atomic mass is 9.86. The minimum Gasteiger partial charge on any atom is -0.481 e. The highest BCUT2D eigenvalue weighted by molar-refractivity contribution is 5.93. The number of hydrogen-bond donors (Lipinski definition) is 1. The van der Waals surface area contributed by atoms with Crippen molar-refractivity contribution in [3.8, 4) is 0 Å². The van der Waals surface area contributed by atoms with E-state index in [0.29, 0.717) is 12.3 Å². The maximum atomic E-state index is 12.2. The Morgan fingerprint density at radius 2 is 0.914 bits per heavy atom. The van der Waals surface area contributed by atoms with Crippen LogP contribution in [0.3, 0.4) is 0 Å². The van der Waals surface area contributed by atoms with Crippen molar-refractivity contribution in [1.29, 1.82) is 0 Å². The van der Waals surface area contributed by atoms with Gasteiger partial charge in [-0.05, 0) is 19.3 Å². The smallest absolute Gasteiger partial charge is 0.320 e. The van der Waals surface area contributed by atoms with E-state index in [0.717, 1.165) is 25.7 Å². The Balaban J connectivity index is 4.27. The summed E-state index contributed by atoms with van der Waals surface area (Å²) in [6.07, 6.45) is 28.7. The zero-order chi connectivity index (χ0) is 26.0. The summed E-state index contributed by atoms with van der Waals surface area (Å²) in [6.45, 7) is 6.50. The van der Waals surface area contributed by atoms with Crippen LogP contribution in [0.1, 0.15) is 168 Å². The highest BCUT2D eigenvalue weighted by Gasteiger charge is 2.30. The molecule has 1 N–H and O–H groups in total. The summed E-state index contributed by atoms with van der Waals surface area (Å²) >= 11 is 0. The van der Waals surface area contributed by atoms with Crippen LogP contribution in [-0.2, 0) is 14.3 Å². The summed E-state index contributed by atoms with van der Waals surface area (Å²) in [7, 11) is 0. The summed E-state index contributed by atoms with van der Waals surface area (Å²) < 4.78 is 5.06. The predicted octanol–water partition coefficient (Wildman–Crippen LogP) is 9.88. The number of carboxylic acid groups (broad SMARTS) is 1. The quantitative estimate of drug-likeness (QED) is 0.0698. The van der Waals surface area contributed by atoms with Crippen molar-refractivity contribution in [2.75, 3.05) is 6.61 Å². The lowest BCUT2D eigenvalue weighted by Crippen LogP contribution is -2.28. The van der Waals surface area contributed by atoms with Gasteiger partial charge in [-0.15, -0.1) is 0 Å². The number of rotatable bonds is 27. The van der Waals surface area contributed by atoms with E-state index in [9.17, 15) is 14.7 Å². The Hall–Kier alpha value is -1.06. The Kier molecular flexibility index (Phi) is 25.2. The number of ether oxygens (including phenoxy) is 1. The fraction of sp³-hybridized carbons (Fsp3) is 0.935. The molecule has 35 heavy (non-hydrogen) atoms. The van der Waals surface area contributed by atoms with Crippen molar-refractivity contribution in [2.24, 2.45) is 11.8 Å². The maximum Gasteiger partial charge on any atom is 0.320 e. The molecule has 0 saturated carbocycles. The Morgan fingerprint density at radius 3 is 1.23 bits per heavy atom. The van der Waals surface area contributed by atoms with E-state index in [-0.39, 0.29) is 6.61 Å². The van der Waals surface area contributed by atoms with Crippen molar-refractivity contribution in [3.63, 3.8) is 0 Å². The zero-order valence-electron chi connectivity index (χ0n) is 23.8. The molecule has 0 saturated heterocycles. The van der Waals surface area contributed by atoms with Crippen LogP contribution >= 0.6 is 0 Å². The fourth-order valence-electron chi connectivity index (χ4n) is 5.09. The van der Waals surface area contributed by atoms with Crippen LogP contribution in [0.15, 0.2) is 0 Å². The van der Waals surface area contributed by atoms with Crippen LogP contribution in [0.5, 0.6) is 0 Å². The van der Waals surface area contributed by atoms with Gasteiger partial charge in [-0.3, -0.25) is 9.59 Å². The first-order chi connectivity index (χ1) is 17.1. The number of esters is 1. The second-order valence-corrected chi connectivity index (χ2v) is 10.7. The fourth-order valence-corrected chi connectivity index (χ4v) is 5.09. The molecule has 1 unspecified atom stereocenters. The molecule has 208 valence electrons. The topological polar surface area (TPSA) is 63.6 Å². The van der Waals surface area contributed by atoms with Crippen LogP contribution in [0, 0.1) is 11.8 Å². The van der Waals surface area contributed by atoms with Crippen molar-refractivity contribution in [3.05, 3.63) is 0 Å². The lowest BCUT2D eigenvalue weighted by molar-refractivity contribution is -0.159. The summed E-state index contributed by atoms with van der Waals surface area (Å²) in [5.41, 5.74) is 0. The van der Waals surface area contributed by atoms with Gasteiger partial charge in [0.25, 0.3) is 0 Å². The molecule has 4 nitrogen and oxygen atoms in total. The van der Waals surface area contributed by atoms with Gasteiger partial charge in [0, 0.05) is 0 Å².